The van der Waals surface area contributed by atoms with Crippen LogP contribution in [-0.2, 0) is 0 Å². The molecule has 3 rings (SSSR count). The number of carbonyl (C=O) groups excluding carboxylic acids is 1. The number of anilines is 1. The number of nitrogens with one attached hydrogen (secondary N) is 1. The maximum atomic E-state index is 12.9. The van der Waals surface area contributed by atoms with Gasteiger partial charge in [0.05, 0.1) is 0 Å². The van der Waals surface area contributed by atoms with E-state index in [0.29, 0.717) is 5.56 Å². The Labute approximate surface area is 122 Å². The van der Waals surface area contributed by atoms with E-state index in [1.54, 1.807) is 0 Å². The van der Waals surface area contributed by atoms with Crippen LogP contribution in [0.5, 0.6) is 0 Å². The van der Waals surface area contributed by atoms with Crippen molar-refractivity contribution in [3.63, 3.8) is 0 Å². The standard InChI is InChI=1S/C18H14FNO/c1-12-5-10-16-14(11-12)3-2-4-17(16)20-18(21)13-6-8-15(19)9-7-13/h2-11H,1H3,(H,20,21). The van der Waals surface area contributed by atoms with Crippen molar-refractivity contribution in [1.29, 1.82) is 0 Å². The Morgan fingerprint density at radius 2 is 1.76 bits per heavy atom. The topological polar surface area (TPSA) is 29.1 Å². The summed E-state index contributed by atoms with van der Waals surface area (Å²) in [6.45, 7) is 2.03. The number of halogens is 1. The molecule has 0 unspecified atom stereocenters. The maximum Gasteiger partial charge on any atom is 0.255 e. The molecule has 0 radical (unpaired) electrons. The molecule has 1 amide bonds. The predicted molar refractivity (Wildman–Crippen MR) is 83.0 cm³/mol. The summed E-state index contributed by atoms with van der Waals surface area (Å²) >= 11 is 0. The first-order chi connectivity index (χ1) is 10.1. The summed E-state index contributed by atoms with van der Waals surface area (Å²) in [6, 6.07) is 17.4. The quantitative estimate of drug-likeness (QED) is 0.733. The Bertz CT molecular complexity index is 809. The third-order valence-electron chi connectivity index (χ3n) is 3.39. The number of aryl methyl sites for hydroxylation is 1. The SMILES string of the molecule is Cc1ccc2c(NC(=O)c3ccc(F)cc3)cccc2c1. The third-order valence-corrected chi connectivity index (χ3v) is 3.39. The Morgan fingerprint density at radius 3 is 2.52 bits per heavy atom. The fraction of sp³-hybridized carbons (Fsp3) is 0.0556. The Morgan fingerprint density at radius 1 is 1.00 bits per heavy atom. The van der Waals surface area contributed by atoms with Crippen LogP contribution in [-0.4, -0.2) is 5.91 Å². The van der Waals surface area contributed by atoms with Gasteiger partial charge in [-0.2, -0.15) is 0 Å². The van der Waals surface area contributed by atoms with Crippen LogP contribution in [0.25, 0.3) is 10.8 Å². The lowest BCUT2D eigenvalue weighted by Gasteiger charge is -2.09. The lowest BCUT2D eigenvalue weighted by Crippen LogP contribution is -2.12. The predicted octanol–water partition coefficient (Wildman–Crippen LogP) is 4.54. The number of hydrogen-bond donors (Lipinski definition) is 1. The van der Waals surface area contributed by atoms with E-state index in [1.165, 1.54) is 29.8 Å². The zero-order chi connectivity index (χ0) is 14.8. The summed E-state index contributed by atoms with van der Waals surface area (Å²) in [7, 11) is 0. The van der Waals surface area contributed by atoms with Crippen molar-refractivity contribution >= 4 is 22.4 Å². The zero-order valence-electron chi connectivity index (χ0n) is 11.6. The van der Waals surface area contributed by atoms with Crippen LogP contribution in [0.1, 0.15) is 15.9 Å². The van der Waals surface area contributed by atoms with Gasteiger partial charge in [0.15, 0.2) is 0 Å². The minimum atomic E-state index is -0.354. The molecule has 0 aliphatic carbocycles. The summed E-state index contributed by atoms with van der Waals surface area (Å²) in [5, 5.41) is 4.94. The van der Waals surface area contributed by atoms with Crippen molar-refractivity contribution in [2.45, 2.75) is 6.92 Å². The average Bonchev–Trinajstić information content (AvgIpc) is 2.47. The Balaban J connectivity index is 1.94. The summed E-state index contributed by atoms with van der Waals surface area (Å²) in [5.41, 5.74) is 2.35. The van der Waals surface area contributed by atoms with Gasteiger partial charge in [-0.3, -0.25) is 4.79 Å². The van der Waals surface area contributed by atoms with Crippen LogP contribution in [0, 0.1) is 12.7 Å². The second-order valence-corrected chi connectivity index (χ2v) is 4.99. The van der Waals surface area contributed by atoms with Crippen LogP contribution >= 0.6 is 0 Å². The van der Waals surface area contributed by atoms with E-state index in [0.717, 1.165) is 16.5 Å². The molecule has 0 saturated carbocycles. The molecule has 0 aliphatic rings. The van der Waals surface area contributed by atoms with Crippen LogP contribution in [0.3, 0.4) is 0 Å². The number of fused-ring (bicyclic) bond motifs is 1. The fourth-order valence-corrected chi connectivity index (χ4v) is 2.31. The van der Waals surface area contributed by atoms with E-state index in [1.807, 2.05) is 37.3 Å². The smallest absolute Gasteiger partial charge is 0.255 e. The summed E-state index contributed by atoms with van der Waals surface area (Å²) in [5.74, 6) is -0.602. The first-order valence-corrected chi connectivity index (χ1v) is 6.70. The molecular formula is C18H14FNO. The zero-order valence-corrected chi connectivity index (χ0v) is 11.6. The number of benzene rings is 3. The molecule has 0 aliphatic heterocycles. The van der Waals surface area contributed by atoms with Gasteiger partial charge < -0.3 is 5.32 Å². The first-order valence-electron chi connectivity index (χ1n) is 6.70. The van der Waals surface area contributed by atoms with Crippen LogP contribution in [0.15, 0.2) is 60.7 Å². The number of hydrogen-bond acceptors (Lipinski definition) is 1. The largest absolute Gasteiger partial charge is 0.321 e. The molecule has 2 nitrogen and oxygen atoms in total. The van der Waals surface area contributed by atoms with E-state index in [4.69, 9.17) is 0 Å². The summed E-state index contributed by atoms with van der Waals surface area (Å²) in [4.78, 5) is 12.2. The van der Waals surface area contributed by atoms with E-state index < -0.39 is 0 Å². The molecule has 3 aromatic carbocycles. The molecule has 0 aromatic heterocycles. The fourth-order valence-electron chi connectivity index (χ4n) is 2.31. The molecule has 0 spiro atoms. The van der Waals surface area contributed by atoms with Crippen molar-refractivity contribution in [3.05, 3.63) is 77.6 Å². The first kappa shape index (κ1) is 13.3. The van der Waals surface area contributed by atoms with Gasteiger partial charge in [0.25, 0.3) is 5.91 Å². The minimum absolute atomic E-state index is 0.247. The molecule has 21 heavy (non-hydrogen) atoms. The van der Waals surface area contributed by atoms with Gasteiger partial charge in [-0.05, 0) is 42.6 Å². The van der Waals surface area contributed by atoms with Gasteiger partial charge in [-0.15, -0.1) is 0 Å². The highest BCUT2D eigenvalue weighted by atomic mass is 19.1. The van der Waals surface area contributed by atoms with Gasteiger partial charge in [-0.25, -0.2) is 4.39 Å². The van der Waals surface area contributed by atoms with Crippen LogP contribution in [0.4, 0.5) is 10.1 Å². The molecule has 104 valence electrons. The van der Waals surface area contributed by atoms with Crippen molar-refractivity contribution in [2.75, 3.05) is 5.32 Å². The van der Waals surface area contributed by atoms with E-state index in [2.05, 4.69) is 11.4 Å². The molecule has 3 heteroatoms. The van der Waals surface area contributed by atoms with Crippen molar-refractivity contribution in [1.82, 2.24) is 0 Å². The van der Waals surface area contributed by atoms with Gasteiger partial charge in [0, 0.05) is 16.6 Å². The van der Waals surface area contributed by atoms with Gasteiger partial charge in [0.2, 0.25) is 0 Å². The van der Waals surface area contributed by atoms with Gasteiger partial charge in [-0.1, -0.05) is 35.9 Å². The average molecular weight is 279 g/mol. The molecule has 3 aromatic rings. The highest BCUT2D eigenvalue weighted by Gasteiger charge is 2.08. The highest BCUT2D eigenvalue weighted by Crippen LogP contribution is 2.24. The lowest BCUT2D eigenvalue weighted by molar-refractivity contribution is 0.102. The van der Waals surface area contributed by atoms with E-state index in [9.17, 15) is 9.18 Å². The molecule has 0 fully saturated rings. The maximum absolute atomic E-state index is 12.9. The van der Waals surface area contributed by atoms with Crippen molar-refractivity contribution in [2.24, 2.45) is 0 Å². The highest BCUT2D eigenvalue weighted by molar-refractivity contribution is 6.09. The van der Waals surface area contributed by atoms with Gasteiger partial charge in [0.1, 0.15) is 5.82 Å². The monoisotopic (exact) mass is 279 g/mol. The number of rotatable bonds is 2. The summed E-state index contributed by atoms with van der Waals surface area (Å²) in [6.07, 6.45) is 0. The van der Waals surface area contributed by atoms with Crippen molar-refractivity contribution in [3.8, 4) is 0 Å². The van der Waals surface area contributed by atoms with Gasteiger partial charge >= 0.3 is 0 Å². The Kier molecular flexibility index (Phi) is 3.40. The van der Waals surface area contributed by atoms with Crippen LogP contribution < -0.4 is 5.32 Å². The molecule has 0 bridgehead atoms. The summed E-state index contributed by atoms with van der Waals surface area (Å²) < 4.78 is 12.9. The lowest BCUT2D eigenvalue weighted by atomic mass is 10.1. The number of amides is 1. The second-order valence-electron chi connectivity index (χ2n) is 4.99. The molecule has 0 heterocycles. The minimum Gasteiger partial charge on any atom is -0.321 e. The van der Waals surface area contributed by atoms with E-state index >= 15 is 0 Å². The number of carbonyl (C=O) groups is 1. The normalized spacial score (nSPS) is 10.6. The third kappa shape index (κ3) is 2.77. The molecule has 1 N–H and O–H groups in total. The second kappa shape index (κ2) is 5.37. The van der Waals surface area contributed by atoms with Crippen molar-refractivity contribution < 1.29 is 9.18 Å². The molecular weight excluding hydrogens is 265 g/mol. The molecule has 0 saturated heterocycles. The molecule has 0 atom stereocenters. The van der Waals surface area contributed by atoms with Crippen LogP contribution in [0.2, 0.25) is 0 Å². The van der Waals surface area contributed by atoms with E-state index in [-0.39, 0.29) is 11.7 Å². The Hall–Kier alpha value is -2.68.